The van der Waals surface area contributed by atoms with Gasteiger partial charge in [-0.05, 0) is 12.1 Å². The molecular formula is C16H12Cl3N3O4S. The Bertz CT molecular complexity index is 1140. The maximum atomic E-state index is 12.7. The Hall–Kier alpha value is -2.00. The quantitative estimate of drug-likeness (QED) is 0.622. The number of fused-ring (bicyclic) bond motifs is 1. The maximum Gasteiger partial charge on any atom is 0.264 e. The van der Waals surface area contributed by atoms with Crippen molar-refractivity contribution in [2.24, 2.45) is 0 Å². The summed E-state index contributed by atoms with van der Waals surface area (Å²) in [5.41, 5.74) is 0.758. The second kappa shape index (κ2) is 7.55. The number of ether oxygens (including phenoxy) is 2. The van der Waals surface area contributed by atoms with E-state index < -0.39 is 10.0 Å². The molecule has 0 bridgehead atoms. The highest BCUT2D eigenvalue weighted by Gasteiger charge is 2.22. The summed E-state index contributed by atoms with van der Waals surface area (Å²) < 4.78 is 38.0. The summed E-state index contributed by atoms with van der Waals surface area (Å²) in [6, 6.07) is 7.40. The zero-order valence-electron chi connectivity index (χ0n) is 14.0. The topological polar surface area (TPSA) is 90.4 Å². The fraction of sp³-hybridized carbons (Fsp3) is 0.125. The van der Waals surface area contributed by atoms with Gasteiger partial charge in [0.25, 0.3) is 10.0 Å². The van der Waals surface area contributed by atoms with Crippen molar-refractivity contribution in [3.8, 4) is 11.5 Å². The molecule has 0 atom stereocenters. The standard InChI is InChI=1S/C16H12Cl3N3O4S/c1-25-11-6-9-10(7-12(11)26-2)21-16(15(19)20-9)22-27(23,24)13-5-3-4-8(17)14(13)18/h3-7H,1-2H3,(H,21,22). The Morgan fingerprint density at radius 2 is 1.56 bits per heavy atom. The van der Waals surface area contributed by atoms with Crippen LogP contribution in [-0.4, -0.2) is 32.6 Å². The maximum absolute atomic E-state index is 12.7. The van der Waals surface area contributed by atoms with Crippen LogP contribution in [0, 0.1) is 0 Å². The first-order valence-electron chi connectivity index (χ1n) is 7.33. The minimum absolute atomic E-state index is 0.104. The van der Waals surface area contributed by atoms with E-state index in [1.807, 2.05) is 0 Å². The van der Waals surface area contributed by atoms with Crippen molar-refractivity contribution in [1.82, 2.24) is 9.97 Å². The van der Waals surface area contributed by atoms with Gasteiger partial charge >= 0.3 is 0 Å². The van der Waals surface area contributed by atoms with Gasteiger partial charge < -0.3 is 9.47 Å². The molecule has 1 N–H and O–H groups in total. The number of anilines is 1. The van der Waals surface area contributed by atoms with Crippen LogP contribution in [0.4, 0.5) is 5.82 Å². The molecular weight excluding hydrogens is 437 g/mol. The molecule has 0 aliphatic rings. The summed E-state index contributed by atoms with van der Waals surface area (Å²) in [7, 11) is -1.14. The zero-order valence-corrected chi connectivity index (χ0v) is 17.0. The van der Waals surface area contributed by atoms with Crippen LogP contribution in [0.3, 0.4) is 0 Å². The lowest BCUT2D eigenvalue weighted by Gasteiger charge is -2.12. The molecule has 142 valence electrons. The molecule has 11 heteroatoms. The summed E-state index contributed by atoms with van der Waals surface area (Å²) in [4.78, 5) is 8.18. The van der Waals surface area contributed by atoms with Crippen LogP contribution >= 0.6 is 34.8 Å². The minimum Gasteiger partial charge on any atom is -0.493 e. The number of aromatic nitrogens is 2. The van der Waals surface area contributed by atoms with E-state index in [1.54, 1.807) is 12.1 Å². The lowest BCUT2D eigenvalue weighted by Crippen LogP contribution is -2.15. The van der Waals surface area contributed by atoms with Gasteiger partial charge in [-0.15, -0.1) is 0 Å². The molecule has 3 aromatic rings. The first kappa shape index (κ1) is 19.8. The second-order valence-electron chi connectivity index (χ2n) is 5.22. The van der Waals surface area contributed by atoms with E-state index in [0.717, 1.165) is 0 Å². The summed E-state index contributed by atoms with van der Waals surface area (Å²) in [6.07, 6.45) is 0. The van der Waals surface area contributed by atoms with E-state index in [-0.39, 0.29) is 25.9 Å². The summed E-state index contributed by atoms with van der Waals surface area (Å²) in [6.45, 7) is 0. The van der Waals surface area contributed by atoms with Gasteiger partial charge in [0.05, 0.1) is 35.3 Å². The molecule has 0 amide bonds. The Morgan fingerprint density at radius 1 is 0.963 bits per heavy atom. The summed E-state index contributed by atoms with van der Waals surface area (Å²) in [5.74, 6) is 0.690. The molecule has 1 heterocycles. The van der Waals surface area contributed by atoms with Gasteiger partial charge in [0.2, 0.25) is 0 Å². The number of sulfonamides is 1. The van der Waals surface area contributed by atoms with Gasteiger partial charge in [-0.25, -0.2) is 18.4 Å². The van der Waals surface area contributed by atoms with Crippen LogP contribution < -0.4 is 14.2 Å². The molecule has 0 aliphatic heterocycles. The van der Waals surface area contributed by atoms with Crippen molar-refractivity contribution in [1.29, 1.82) is 0 Å². The third-order valence-electron chi connectivity index (χ3n) is 3.56. The van der Waals surface area contributed by atoms with Crippen molar-refractivity contribution in [2.75, 3.05) is 18.9 Å². The van der Waals surface area contributed by atoms with Crippen LogP contribution in [-0.2, 0) is 10.0 Å². The average molecular weight is 449 g/mol. The van der Waals surface area contributed by atoms with Crippen LogP contribution in [0.25, 0.3) is 11.0 Å². The molecule has 0 saturated heterocycles. The number of nitrogens with zero attached hydrogens (tertiary/aromatic N) is 2. The SMILES string of the molecule is COc1cc2nc(Cl)c(NS(=O)(=O)c3cccc(Cl)c3Cl)nc2cc1OC. The molecule has 0 spiro atoms. The smallest absolute Gasteiger partial charge is 0.264 e. The molecule has 7 nitrogen and oxygen atoms in total. The lowest BCUT2D eigenvalue weighted by molar-refractivity contribution is 0.355. The highest BCUT2D eigenvalue weighted by molar-refractivity contribution is 7.92. The molecule has 27 heavy (non-hydrogen) atoms. The van der Waals surface area contributed by atoms with Crippen LogP contribution in [0.15, 0.2) is 35.2 Å². The van der Waals surface area contributed by atoms with E-state index in [9.17, 15) is 8.42 Å². The number of hydrogen-bond acceptors (Lipinski definition) is 6. The van der Waals surface area contributed by atoms with Gasteiger partial charge in [-0.2, -0.15) is 0 Å². The van der Waals surface area contributed by atoms with E-state index in [2.05, 4.69) is 14.7 Å². The monoisotopic (exact) mass is 447 g/mol. The van der Waals surface area contributed by atoms with E-state index in [0.29, 0.717) is 22.5 Å². The van der Waals surface area contributed by atoms with Gasteiger partial charge in [-0.1, -0.05) is 40.9 Å². The molecule has 0 saturated carbocycles. The van der Waals surface area contributed by atoms with Gasteiger partial charge in [-0.3, -0.25) is 4.72 Å². The van der Waals surface area contributed by atoms with Crippen LogP contribution in [0.2, 0.25) is 15.2 Å². The van der Waals surface area contributed by atoms with Crippen LogP contribution in [0.1, 0.15) is 0 Å². The Balaban J connectivity index is 2.09. The van der Waals surface area contributed by atoms with E-state index in [1.165, 1.54) is 32.4 Å². The van der Waals surface area contributed by atoms with Crippen molar-refractivity contribution in [2.45, 2.75) is 4.90 Å². The second-order valence-corrected chi connectivity index (χ2v) is 8.01. The van der Waals surface area contributed by atoms with Crippen molar-refractivity contribution in [3.05, 3.63) is 45.5 Å². The number of rotatable bonds is 5. The predicted octanol–water partition coefficient (Wildman–Crippen LogP) is 4.41. The molecule has 0 aliphatic carbocycles. The molecule has 0 unspecified atom stereocenters. The number of halogens is 3. The molecule has 0 radical (unpaired) electrons. The average Bonchev–Trinajstić information content (AvgIpc) is 2.63. The van der Waals surface area contributed by atoms with E-state index >= 15 is 0 Å². The Labute approximate surface area is 170 Å². The number of hydrogen-bond donors (Lipinski definition) is 1. The van der Waals surface area contributed by atoms with Crippen molar-refractivity contribution < 1.29 is 17.9 Å². The molecule has 1 aromatic heterocycles. The van der Waals surface area contributed by atoms with Crippen molar-refractivity contribution in [3.63, 3.8) is 0 Å². The summed E-state index contributed by atoms with van der Waals surface area (Å²) in [5, 5.41) is -0.147. The normalized spacial score (nSPS) is 11.4. The fourth-order valence-electron chi connectivity index (χ4n) is 2.30. The van der Waals surface area contributed by atoms with E-state index in [4.69, 9.17) is 44.3 Å². The summed E-state index contributed by atoms with van der Waals surface area (Å²) >= 11 is 18.0. The Morgan fingerprint density at radius 3 is 2.15 bits per heavy atom. The van der Waals surface area contributed by atoms with Gasteiger partial charge in [0, 0.05) is 12.1 Å². The first-order chi connectivity index (χ1) is 12.8. The number of methoxy groups -OCH3 is 2. The molecule has 3 rings (SSSR count). The Kier molecular flexibility index (Phi) is 5.53. The highest BCUT2D eigenvalue weighted by atomic mass is 35.5. The largest absolute Gasteiger partial charge is 0.493 e. The third kappa shape index (κ3) is 3.84. The van der Waals surface area contributed by atoms with Gasteiger partial charge in [0.15, 0.2) is 22.5 Å². The molecule has 2 aromatic carbocycles. The third-order valence-corrected chi connectivity index (χ3v) is 6.14. The minimum atomic E-state index is -4.10. The highest BCUT2D eigenvalue weighted by Crippen LogP contribution is 2.34. The first-order valence-corrected chi connectivity index (χ1v) is 9.94. The van der Waals surface area contributed by atoms with Crippen molar-refractivity contribution >= 4 is 61.7 Å². The lowest BCUT2D eigenvalue weighted by atomic mass is 10.2. The number of benzene rings is 2. The van der Waals surface area contributed by atoms with Gasteiger partial charge in [0.1, 0.15) is 4.90 Å². The number of nitrogens with one attached hydrogen (secondary N) is 1. The zero-order chi connectivity index (χ0) is 19.8. The fourth-order valence-corrected chi connectivity index (χ4v) is 4.31. The predicted molar refractivity (Wildman–Crippen MR) is 105 cm³/mol. The molecule has 0 fully saturated rings. The van der Waals surface area contributed by atoms with Crippen LogP contribution in [0.5, 0.6) is 11.5 Å².